The highest BCUT2D eigenvalue weighted by molar-refractivity contribution is 9.10. The minimum Gasteiger partial charge on any atom is -0.399 e. The molecule has 3 rings (SSSR count). The number of aromatic nitrogens is 2. The van der Waals surface area contributed by atoms with Crippen molar-refractivity contribution >= 4 is 21.6 Å². The van der Waals surface area contributed by atoms with E-state index in [-0.39, 0.29) is 21.8 Å². The molecule has 0 saturated carbocycles. The number of halogens is 3. The van der Waals surface area contributed by atoms with Crippen LogP contribution in [0, 0.1) is 11.6 Å². The summed E-state index contributed by atoms with van der Waals surface area (Å²) in [5, 5.41) is 3.72. The van der Waals surface area contributed by atoms with Crippen molar-refractivity contribution in [3.63, 3.8) is 0 Å². The fourth-order valence-electron chi connectivity index (χ4n) is 1.87. The first kappa shape index (κ1) is 13.7. The second kappa shape index (κ2) is 5.25. The average molecular weight is 352 g/mol. The van der Waals surface area contributed by atoms with Crippen molar-refractivity contribution < 1.29 is 13.3 Å². The normalized spacial score (nSPS) is 10.8. The average Bonchev–Trinajstić information content (AvgIpc) is 2.87. The number of hydrogen-bond acceptors (Lipinski definition) is 4. The highest BCUT2D eigenvalue weighted by Crippen LogP contribution is 2.29. The van der Waals surface area contributed by atoms with E-state index in [4.69, 9.17) is 10.3 Å². The van der Waals surface area contributed by atoms with E-state index in [2.05, 4.69) is 26.1 Å². The number of rotatable bonds is 2. The molecule has 3 aromatic rings. The van der Waals surface area contributed by atoms with Crippen molar-refractivity contribution in [3.8, 4) is 22.8 Å². The fourth-order valence-corrected chi connectivity index (χ4v) is 2.27. The first-order chi connectivity index (χ1) is 10.0. The van der Waals surface area contributed by atoms with E-state index in [1.807, 2.05) is 0 Å². The summed E-state index contributed by atoms with van der Waals surface area (Å²) in [6, 6.07) is 9.05. The summed E-state index contributed by atoms with van der Waals surface area (Å²) in [6.07, 6.45) is 0. The Balaban J connectivity index is 2.07. The van der Waals surface area contributed by atoms with E-state index in [0.717, 1.165) is 12.1 Å². The van der Waals surface area contributed by atoms with Gasteiger partial charge in [0.15, 0.2) is 0 Å². The van der Waals surface area contributed by atoms with Gasteiger partial charge in [-0.3, -0.25) is 0 Å². The molecule has 0 aliphatic carbocycles. The van der Waals surface area contributed by atoms with Gasteiger partial charge in [0.25, 0.3) is 5.89 Å². The lowest BCUT2D eigenvalue weighted by Gasteiger charge is -2.00. The summed E-state index contributed by atoms with van der Waals surface area (Å²) >= 11 is 3.01. The van der Waals surface area contributed by atoms with E-state index in [1.165, 1.54) is 0 Å². The van der Waals surface area contributed by atoms with Gasteiger partial charge in [0.2, 0.25) is 5.82 Å². The number of nitrogens with zero attached hydrogens (tertiary/aromatic N) is 2. The van der Waals surface area contributed by atoms with Crippen LogP contribution in [-0.4, -0.2) is 10.1 Å². The predicted molar refractivity (Wildman–Crippen MR) is 77.2 cm³/mol. The van der Waals surface area contributed by atoms with E-state index in [1.54, 1.807) is 24.3 Å². The molecule has 0 aliphatic rings. The minimum absolute atomic E-state index is 0.207. The monoisotopic (exact) mass is 351 g/mol. The lowest BCUT2D eigenvalue weighted by molar-refractivity contribution is 0.426. The molecular formula is C14H8BrF2N3O. The van der Waals surface area contributed by atoms with E-state index >= 15 is 0 Å². The van der Waals surface area contributed by atoms with Gasteiger partial charge in [-0.15, -0.1) is 0 Å². The Morgan fingerprint density at radius 2 is 1.81 bits per heavy atom. The van der Waals surface area contributed by atoms with Crippen LogP contribution in [0.5, 0.6) is 0 Å². The number of benzene rings is 2. The minimum atomic E-state index is -0.787. The van der Waals surface area contributed by atoms with Crippen molar-refractivity contribution in [2.45, 2.75) is 0 Å². The molecule has 0 bridgehead atoms. The molecule has 1 aromatic heterocycles. The molecule has 0 aliphatic heterocycles. The molecule has 0 atom stereocenters. The number of nitrogen functional groups attached to an aromatic ring is 1. The summed E-state index contributed by atoms with van der Waals surface area (Å²) < 4.78 is 32.9. The van der Waals surface area contributed by atoms with Gasteiger partial charge in [-0.2, -0.15) is 4.98 Å². The first-order valence-electron chi connectivity index (χ1n) is 5.89. The molecule has 4 nitrogen and oxygen atoms in total. The highest BCUT2D eigenvalue weighted by atomic mass is 79.9. The molecule has 1 heterocycles. The van der Waals surface area contributed by atoms with Crippen LogP contribution in [0.1, 0.15) is 0 Å². The fraction of sp³-hybridized carbons (Fsp3) is 0. The maximum atomic E-state index is 13.9. The van der Waals surface area contributed by atoms with Crippen LogP contribution in [0.3, 0.4) is 0 Å². The van der Waals surface area contributed by atoms with Crippen molar-refractivity contribution in [1.82, 2.24) is 10.1 Å². The molecule has 21 heavy (non-hydrogen) atoms. The van der Waals surface area contributed by atoms with E-state index in [9.17, 15) is 8.78 Å². The van der Waals surface area contributed by atoms with Gasteiger partial charge in [-0.1, -0.05) is 33.2 Å². The van der Waals surface area contributed by atoms with Gasteiger partial charge >= 0.3 is 0 Å². The number of hydrogen-bond donors (Lipinski definition) is 1. The van der Waals surface area contributed by atoms with Crippen LogP contribution in [-0.2, 0) is 0 Å². The predicted octanol–water partition coefficient (Wildman–Crippen LogP) is 4.03. The summed E-state index contributed by atoms with van der Waals surface area (Å²) in [5.41, 5.74) is 6.43. The Labute approximate surface area is 126 Å². The smallest absolute Gasteiger partial charge is 0.264 e. The Morgan fingerprint density at radius 3 is 2.48 bits per heavy atom. The van der Waals surface area contributed by atoms with Crippen LogP contribution >= 0.6 is 15.9 Å². The van der Waals surface area contributed by atoms with Crippen LogP contribution in [0.15, 0.2) is 45.4 Å². The molecule has 7 heteroatoms. The zero-order chi connectivity index (χ0) is 15.0. The molecule has 0 spiro atoms. The second-order valence-corrected chi connectivity index (χ2v) is 5.21. The third-order valence-corrected chi connectivity index (χ3v) is 3.25. The molecular weight excluding hydrogens is 344 g/mol. The van der Waals surface area contributed by atoms with Gasteiger partial charge in [0, 0.05) is 15.7 Å². The van der Waals surface area contributed by atoms with Crippen LogP contribution in [0.2, 0.25) is 0 Å². The van der Waals surface area contributed by atoms with Gasteiger partial charge in [-0.25, -0.2) is 8.78 Å². The number of anilines is 1. The highest BCUT2D eigenvalue weighted by Gasteiger charge is 2.19. The van der Waals surface area contributed by atoms with Gasteiger partial charge in [0.05, 0.1) is 0 Å². The maximum Gasteiger partial charge on any atom is 0.264 e. The van der Waals surface area contributed by atoms with Crippen molar-refractivity contribution in [2.24, 2.45) is 0 Å². The van der Waals surface area contributed by atoms with E-state index in [0.29, 0.717) is 11.3 Å². The SMILES string of the molecule is Nc1cccc(-c2noc(-c3c(F)cc(Br)cc3F)n2)c1. The Kier molecular flexibility index (Phi) is 3.42. The zero-order valence-electron chi connectivity index (χ0n) is 10.5. The molecule has 0 saturated heterocycles. The van der Waals surface area contributed by atoms with Crippen molar-refractivity contribution in [3.05, 3.63) is 52.5 Å². The molecule has 0 radical (unpaired) electrons. The van der Waals surface area contributed by atoms with Gasteiger partial charge in [-0.05, 0) is 24.3 Å². The molecule has 0 amide bonds. The summed E-state index contributed by atoms with van der Waals surface area (Å²) in [4.78, 5) is 4.01. The topological polar surface area (TPSA) is 64.9 Å². The second-order valence-electron chi connectivity index (χ2n) is 4.29. The maximum absolute atomic E-state index is 13.9. The molecule has 106 valence electrons. The third-order valence-electron chi connectivity index (χ3n) is 2.79. The van der Waals surface area contributed by atoms with E-state index < -0.39 is 11.6 Å². The van der Waals surface area contributed by atoms with Crippen LogP contribution < -0.4 is 5.73 Å². The summed E-state index contributed by atoms with van der Waals surface area (Å²) in [5.74, 6) is -1.59. The van der Waals surface area contributed by atoms with Gasteiger partial charge in [0.1, 0.15) is 17.2 Å². The molecule has 0 unspecified atom stereocenters. The molecule has 0 fully saturated rings. The first-order valence-corrected chi connectivity index (χ1v) is 6.68. The Bertz CT molecular complexity index is 796. The van der Waals surface area contributed by atoms with Crippen molar-refractivity contribution in [1.29, 1.82) is 0 Å². The van der Waals surface area contributed by atoms with Gasteiger partial charge < -0.3 is 10.3 Å². The summed E-state index contributed by atoms with van der Waals surface area (Å²) in [6.45, 7) is 0. The summed E-state index contributed by atoms with van der Waals surface area (Å²) in [7, 11) is 0. The third kappa shape index (κ3) is 2.64. The van der Waals surface area contributed by atoms with Crippen LogP contribution in [0.25, 0.3) is 22.8 Å². The molecule has 2 N–H and O–H groups in total. The van der Waals surface area contributed by atoms with Crippen molar-refractivity contribution in [2.75, 3.05) is 5.73 Å². The Morgan fingerprint density at radius 1 is 1.10 bits per heavy atom. The van der Waals surface area contributed by atoms with Crippen LogP contribution in [0.4, 0.5) is 14.5 Å². The largest absolute Gasteiger partial charge is 0.399 e. The lowest BCUT2D eigenvalue weighted by atomic mass is 10.2. The zero-order valence-corrected chi connectivity index (χ0v) is 12.1. The quantitative estimate of drug-likeness (QED) is 0.708. The Hall–Kier alpha value is -2.28. The lowest BCUT2D eigenvalue weighted by Crippen LogP contribution is -1.91. The standard InChI is InChI=1S/C14H8BrF2N3O/c15-8-5-10(16)12(11(17)6-8)14-19-13(20-21-14)7-2-1-3-9(18)4-7/h1-6H,18H2. The number of nitrogens with two attached hydrogens (primary N) is 1. The molecule has 2 aromatic carbocycles.